The third-order valence-corrected chi connectivity index (χ3v) is 7.06. The Labute approximate surface area is 218 Å². The zero-order valence-corrected chi connectivity index (χ0v) is 23.1. The number of nitrogens with zero attached hydrogens (tertiary/aromatic N) is 4. The SMILES string of the molecule is CC(O)S(=O)(=O)[O-].Cc1cccnc1-n1c(C)cc(/C=C/c2ccc3cc(N(C)C)ccc3[n+]2C)c1C. The molecule has 37 heavy (non-hydrogen) atoms. The summed E-state index contributed by atoms with van der Waals surface area (Å²) in [5.74, 6) is 1.00. The van der Waals surface area contributed by atoms with Crippen LogP contribution in [0.2, 0.25) is 0 Å². The minimum absolute atomic E-state index is 0.905. The Balaban J connectivity index is 0.000000479. The summed E-state index contributed by atoms with van der Waals surface area (Å²) in [6.07, 6.45) is 6.25. The van der Waals surface area contributed by atoms with Gasteiger partial charge in [-0.25, -0.2) is 13.4 Å². The number of aromatic nitrogens is 3. The highest BCUT2D eigenvalue weighted by Gasteiger charge is 2.14. The van der Waals surface area contributed by atoms with E-state index in [1.807, 2.05) is 12.3 Å². The summed E-state index contributed by atoms with van der Waals surface area (Å²) in [6, 6.07) is 17.3. The highest BCUT2D eigenvalue weighted by Crippen LogP contribution is 2.24. The molecule has 0 amide bonds. The highest BCUT2D eigenvalue weighted by atomic mass is 32.2. The molecular weight excluding hydrogens is 488 g/mol. The van der Waals surface area contributed by atoms with Gasteiger partial charge in [-0.2, -0.15) is 4.57 Å². The van der Waals surface area contributed by atoms with E-state index in [9.17, 15) is 13.0 Å². The van der Waals surface area contributed by atoms with Gasteiger partial charge in [-0.05, 0) is 75.2 Å². The van der Waals surface area contributed by atoms with Gasteiger partial charge in [0.15, 0.2) is 0 Å². The van der Waals surface area contributed by atoms with Crippen molar-refractivity contribution in [1.29, 1.82) is 0 Å². The van der Waals surface area contributed by atoms with E-state index < -0.39 is 15.6 Å². The maximum atomic E-state index is 9.53. The van der Waals surface area contributed by atoms with Crippen molar-refractivity contribution in [1.82, 2.24) is 9.55 Å². The van der Waals surface area contributed by atoms with Crippen LogP contribution in [0.3, 0.4) is 0 Å². The van der Waals surface area contributed by atoms with Gasteiger partial charge in [0.25, 0.3) is 0 Å². The molecule has 3 aromatic heterocycles. The summed E-state index contributed by atoms with van der Waals surface area (Å²) in [5.41, 5.74) is 6.58. The van der Waals surface area contributed by atoms with Crippen LogP contribution in [0.5, 0.6) is 0 Å². The lowest BCUT2D eigenvalue weighted by molar-refractivity contribution is -0.646. The van der Waals surface area contributed by atoms with E-state index in [-0.39, 0.29) is 0 Å². The van der Waals surface area contributed by atoms with Crippen LogP contribution in [0.4, 0.5) is 5.69 Å². The van der Waals surface area contributed by atoms with Crippen molar-refractivity contribution in [3.63, 3.8) is 0 Å². The fourth-order valence-corrected chi connectivity index (χ4v) is 4.02. The highest BCUT2D eigenvalue weighted by molar-refractivity contribution is 7.86. The standard InChI is InChI=1S/C26H29N4.C2H6O4S/c1-18-8-7-15-27-26(18)30-19(2)16-21(20(30)3)9-11-23-12-10-22-17-24(28(4)5)13-14-25(22)29(23)6;1-2(3)7(4,5)6/h7-17H,1-6H3;2-3H,1H3,(H,4,5,6)/q+1;/p-1. The molecule has 0 saturated heterocycles. The molecule has 8 nitrogen and oxygen atoms in total. The maximum absolute atomic E-state index is 9.53. The van der Waals surface area contributed by atoms with Gasteiger partial charge in [0, 0.05) is 61.0 Å². The summed E-state index contributed by atoms with van der Waals surface area (Å²) < 4.78 is 33.1. The molecule has 4 aromatic rings. The molecule has 0 spiro atoms. The first-order valence-electron chi connectivity index (χ1n) is 11.8. The van der Waals surface area contributed by atoms with Crippen molar-refractivity contribution in [2.45, 2.75) is 33.1 Å². The zero-order valence-electron chi connectivity index (χ0n) is 22.3. The lowest BCUT2D eigenvalue weighted by Gasteiger charge is -2.12. The van der Waals surface area contributed by atoms with Crippen molar-refractivity contribution in [3.05, 3.63) is 82.9 Å². The van der Waals surface area contributed by atoms with Crippen LogP contribution in [0, 0.1) is 20.8 Å². The Hall–Kier alpha value is -3.53. The smallest absolute Gasteiger partial charge is 0.212 e. The van der Waals surface area contributed by atoms with Crippen molar-refractivity contribution >= 4 is 38.9 Å². The van der Waals surface area contributed by atoms with E-state index in [0.29, 0.717) is 0 Å². The van der Waals surface area contributed by atoms with Crippen LogP contribution in [-0.2, 0) is 17.2 Å². The largest absolute Gasteiger partial charge is 0.746 e. The predicted octanol–water partition coefficient (Wildman–Crippen LogP) is 3.88. The van der Waals surface area contributed by atoms with Crippen molar-refractivity contribution in [2.24, 2.45) is 7.05 Å². The zero-order chi connectivity index (χ0) is 27.5. The summed E-state index contributed by atoms with van der Waals surface area (Å²) in [6.45, 7) is 7.30. The molecule has 3 heterocycles. The van der Waals surface area contributed by atoms with Crippen LogP contribution in [-0.4, -0.2) is 47.2 Å². The molecule has 0 saturated carbocycles. The summed E-state index contributed by atoms with van der Waals surface area (Å²) in [5, 5.41) is 9.23. The maximum Gasteiger partial charge on any atom is 0.212 e. The molecule has 1 aromatic carbocycles. The predicted molar refractivity (Wildman–Crippen MR) is 148 cm³/mol. The number of fused-ring (bicyclic) bond motifs is 1. The minimum atomic E-state index is -4.44. The lowest BCUT2D eigenvalue weighted by Crippen LogP contribution is -2.32. The van der Waals surface area contributed by atoms with Crippen LogP contribution < -0.4 is 9.47 Å². The number of aliphatic hydroxyl groups is 1. The number of pyridine rings is 2. The summed E-state index contributed by atoms with van der Waals surface area (Å²) in [4.78, 5) is 6.73. The number of hydrogen-bond acceptors (Lipinski definition) is 6. The minimum Gasteiger partial charge on any atom is -0.746 e. The Bertz CT molecular complexity index is 1550. The number of aliphatic hydroxyl groups excluding tert-OH is 1. The number of aryl methyl sites for hydroxylation is 3. The molecule has 1 unspecified atom stereocenters. The van der Waals surface area contributed by atoms with Gasteiger partial charge in [0.2, 0.25) is 11.2 Å². The van der Waals surface area contributed by atoms with Gasteiger partial charge in [-0.15, -0.1) is 0 Å². The molecule has 1 atom stereocenters. The molecule has 0 aliphatic rings. The van der Waals surface area contributed by atoms with Crippen molar-refractivity contribution < 1.29 is 22.6 Å². The molecule has 196 valence electrons. The van der Waals surface area contributed by atoms with E-state index in [0.717, 1.165) is 12.7 Å². The Morgan fingerprint density at radius 3 is 2.35 bits per heavy atom. The topological polar surface area (TPSA) is 102 Å². The Kier molecular flexibility index (Phi) is 8.53. The van der Waals surface area contributed by atoms with Gasteiger partial charge in [-0.3, -0.25) is 0 Å². The second-order valence-corrected chi connectivity index (χ2v) is 10.9. The third-order valence-electron chi connectivity index (χ3n) is 6.23. The fourth-order valence-electron chi connectivity index (χ4n) is 4.02. The quantitative estimate of drug-likeness (QED) is 0.315. The van der Waals surface area contributed by atoms with E-state index >= 15 is 0 Å². The van der Waals surface area contributed by atoms with E-state index in [1.165, 1.54) is 44.8 Å². The number of rotatable bonds is 5. The van der Waals surface area contributed by atoms with Gasteiger partial charge < -0.3 is 19.1 Å². The molecule has 4 rings (SSSR count). The first kappa shape index (κ1) is 28.0. The third kappa shape index (κ3) is 6.43. The second-order valence-electron chi connectivity index (χ2n) is 9.19. The van der Waals surface area contributed by atoms with Gasteiger partial charge >= 0.3 is 0 Å². The van der Waals surface area contributed by atoms with Gasteiger partial charge in [0.05, 0.1) is 0 Å². The van der Waals surface area contributed by atoms with E-state index in [1.54, 1.807) is 0 Å². The molecule has 0 aliphatic carbocycles. The molecule has 1 N–H and O–H groups in total. The molecule has 0 bridgehead atoms. The molecular formula is C28H34N4O4S. The fraction of sp³-hybridized carbons (Fsp3) is 0.286. The van der Waals surface area contributed by atoms with E-state index in [2.05, 4.69) is 116 Å². The Morgan fingerprint density at radius 1 is 1.08 bits per heavy atom. The number of hydrogen-bond donors (Lipinski definition) is 1. The summed E-state index contributed by atoms with van der Waals surface area (Å²) in [7, 11) is 1.83. The van der Waals surface area contributed by atoms with E-state index in [4.69, 9.17) is 5.11 Å². The van der Waals surface area contributed by atoms with Crippen LogP contribution >= 0.6 is 0 Å². The average molecular weight is 523 g/mol. The van der Waals surface area contributed by atoms with Crippen LogP contribution in [0.25, 0.3) is 28.9 Å². The monoisotopic (exact) mass is 522 g/mol. The molecule has 0 fully saturated rings. The first-order chi connectivity index (χ1) is 17.3. The second kappa shape index (κ2) is 11.2. The van der Waals surface area contributed by atoms with Crippen LogP contribution in [0.15, 0.2) is 54.7 Å². The van der Waals surface area contributed by atoms with Crippen molar-refractivity contribution in [2.75, 3.05) is 19.0 Å². The normalized spacial score (nSPS) is 12.5. The van der Waals surface area contributed by atoms with Gasteiger partial charge in [-0.1, -0.05) is 6.07 Å². The Morgan fingerprint density at radius 2 is 1.76 bits per heavy atom. The van der Waals surface area contributed by atoms with Crippen LogP contribution in [0.1, 0.15) is 35.1 Å². The molecule has 9 heteroatoms. The lowest BCUT2D eigenvalue weighted by atomic mass is 10.1. The molecule has 0 aliphatic heterocycles. The number of benzene rings is 1. The molecule has 0 radical (unpaired) electrons. The van der Waals surface area contributed by atoms with Crippen molar-refractivity contribution in [3.8, 4) is 5.82 Å². The number of anilines is 1. The average Bonchev–Trinajstić information content (AvgIpc) is 3.11. The first-order valence-corrected chi connectivity index (χ1v) is 13.3. The van der Waals surface area contributed by atoms with Gasteiger partial charge in [0.1, 0.15) is 28.4 Å². The summed E-state index contributed by atoms with van der Waals surface area (Å²) >= 11 is 0.